The Morgan fingerprint density at radius 1 is 0.583 bits per heavy atom. The maximum Gasteiger partial charge on any atom is 0.119 e. The van der Waals surface area contributed by atoms with Crippen LogP contribution in [-0.2, 0) is 0 Å². The Morgan fingerprint density at radius 3 is 1.25 bits per heavy atom. The zero-order chi connectivity index (χ0) is 16.9. The number of hydrogen-bond donors (Lipinski definition) is 0. The van der Waals surface area contributed by atoms with Gasteiger partial charge in [-0.3, -0.25) is 0 Å². The number of anilines is 3. The molecule has 24 heavy (non-hydrogen) atoms. The van der Waals surface area contributed by atoms with Crippen LogP contribution in [0.25, 0.3) is 0 Å². The molecule has 0 aliphatic heterocycles. The van der Waals surface area contributed by atoms with E-state index in [0.29, 0.717) is 0 Å². The molecule has 0 amide bonds. The van der Waals surface area contributed by atoms with Crippen molar-refractivity contribution in [3.63, 3.8) is 0 Å². The monoisotopic (exact) mass is 335 g/mol. The maximum atomic E-state index is 5.28. The van der Waals surface area contributed by atoms with Gasteiger partial charge in [-0.2, -0.15) is 0 Å². The second-order valence-electron chi connectivity index (χ2n) is 5.57. The van der Waals surface area contributed by atoms with Crippen LogP contribution < -0.4 is 19.6 Å². The first-order chi connectivity index (χ1) is 11.7. The van der Waals surface area contributed by atoms with E-state index in [9.17, 15) is 0 Å². The Hall–Kier alpha value is -2.72. The van der Waals surface area contributed by atoms with Crippen molar-refractivity contribution in [3.8, 4) is 11.5 Å². The lowest BCUT2D eigenvalue weighted by atomic mass is 10.2. The Bertz CT molecular complexity index is 736. The maximum absolute atomic E-state index is 5.28. The van der Waals surface area contributed by atoms with Gasteiger partial charge in [-0.25, -0.2) is 0 Å². The number of benzene rings is 3. The minimum atomic E-state index is 0.850. The molecule has 0 atom stereocenters. The van der Waals surface area contributed by atoms with Crippen molar-refractivity contribution < 1.29 is 9.47 Å². The molecule has 3 aromatic rings. The summed E-state index contributed by atoms with van der Waals surface area (Å²) >= 11 is 0. The molecule has 0 unspecified atom stereocenters. The first-order valence-corrected chi connectivity index (χ1v) is 8.86. The van der Waals surface area contributed by atoms with Crippen LogP contribution in [0.2, 0.25) is 0 Å². The molecule has 0 fully saturated rings. The average molecular weight is 335 g/mol. The SMILES string of the molecule is COc1ccc(N(c2ccc([SiH3])cc2)c2ccc(OC)cc2)cc1. The molecule has 3 rings (SSSR count). The molecule has 0 N–H and O–H groups in total. The van der Waals surface area contributed by atoms with Crippen LogP contribution in [0.3, 0.4) is 0 Å². The molecule has 0 saturated carbocycles. The fourth-order valence-corrected chi connectivity index (χ4v) is 2.94. The van der Waals surface area contributed by atoms with Gasteiger partial charge >= 0.3 is 0 Å². The average Bonchev–Trinajstić information content (AvgIpc) is 2.64. The zero-order valence-corrected chi connectivity index (χ0v) is 16.2. The van der Waals surface area contributed by atoms with Crippen LogP contribution in [0.4, 0.5) is 17.1 Å². The Labute approximate surface area is 145 Å². The van der Waals surface area contributed by atoms with Crippen LogP contribution in [0, 0.1) is 0 Å². The molecule has 4 heteroatoms. The number of rotatable bonds is 5. The van der Waals surface area contributed by atoms with Crippen LogP contribution in [0.5, 0.6) is 11.5 Å². The minimum Gasteiger partial charge on any atom is -0.497 e. The number of methoxy groups -OCH3 is 2. The van der Waals surface area contributed by atoms with Gasteiger partial charge in [0.1, 0.15) is 11.5 Å². The first kappa shape index (κ1) is 16.1. The van der Waals surface area contributed by atoms with Gasteiger partial charge in [0.2, 0.25) is 0 Å². The first-order valence-electron chi connectivity index (χ1n) is 7.86. The van der Waals surface area contributed by atoms with E-state index >= 15 is 0 Å². The fourth-order valence-electron chi connectivity index (χ4n) is 2.60. The Balaban J connectivity index is 2.06. The van der Waals surface area contributed by atoms with Gasteiger partial charge in [0, 0.05) is 27.3 Å². The van der Waals surface area contributed by atoms with Crippen molar-refractivity contribution >= 4 is 32.5 Å². The lowest BCUT2D eigenvalue weighted by Crippen LogP contribution is -2.11. The summed E-state index contributed by atoms with van der Waals surface area (Å²) < 4.78 is 10.6. The molecule has 0 spiro atoms. The predicted molar refractivity (Wildman–Crippen MR) is 104 cm³/mol. The van der Waals surface area contributed by atoms with Gasteiger partial charge < -0.3 is 14.4 Å². The van der Waals surface area contributed by atoms with Crippen molar-refractivity contribution in [2.75, 3.05) is 19.1 Å². The van der Waals surface area contributed by atoms with Gasteiger partial charge in [0.15, 0.2) is 0 Å². The number of hydrogen-bond acceptors (Lipinski definition) is 3. The topological polar surface area (TPSA) is 21.7 Å². The van der Waals surface area contributed by atoms with E-state index in [-0.39, 0.29) is 0 Å². The van der Waals surface area contributed by atoms with E-state index in [0.717, 1.165) is 38.8 Å². The quantitative estimate of drug-likeness (QED) is 0.669. The molecule has 0 aliphatic rings. The van der Waals surface area contributed by atoms with E-state index < -0.39 is 0 Å². The molecular formula is C20H21NO2Si. The second-order valence-corrected chi connectivity index (χ2v) is 6.72. The summed E-state index contributed by atoms with van der Waals surface area (Å²) in [6.45, 7) is 0. The van der Waals surface area contributed by atoms with E-state index in [2.05, 4.69) is 53.4 Å². The minimum absolute atomic E-state index is 0.850. The highest BCUT2D eigenvalue weighted by Gasteiger charge is 2.12. The van der Waals surface area contributed by atoms with Gasteiger partial charge in [0.25, 0.3) is 0 Å². The van der Waals surface area contributed by atoms with Crippen LogP contribution in [0.1, 0.15) is 0 Å². The summed E-state index contributed by atoms with van der Waals surface area (Å²) in [5.74, 6) is 1.70. The molecule has 3 aromatic carbocycles. The van der Waals surface area contributed by atoms with E-state index in [1.54, 1.807) is 14.2 Å². The normalized spacial score (nSPS) is 10.4. The van der Waals surface area contributed by atoms with Gasteiger partial charge in [-0.05, 0) is 60.7 Å². The number of ether oxygens (including phenoxy) is 2. The molecule has 0 aliphatic carbocycles. The van der Waals surface area contributed by atoms with Crippen LogP contribution in [0.15, 0.2) is 72.8 Å². The summed E-state index contributed by atoms with van der Waals surface area (Å²) in [6.07, 6.45) is 0. The van der Waals surface area contributed by atoms with E-state index in [1.165, 1.54) is 5.19 Å². The molecule has 0 heterocycles. The third-order valence-electron chi connectivity index (χ3n) is 3.95. The standard InChI is InChI=1S/C20H21NO2Si/c1-22-18-9-3-15(4-10-18)21(17-7-13-20(24)14-8-17)16-5-11-19(23-2)12-6-16/h3-14H,1-2,24H3. The summed E-state index contributed by atoms with van der Waals surface area (Å²) in [6, 6.07) is 24.9. The van der Waals surface area contributed by atoms with E-state index in [1.807, 2.05) is 24.3 Å². The summed E-state index contributed by atoms with van der Waals surface area (Å²) in [7, 11) is 4.42. The second kappa shape index (κ2) is 7.23. The van der Waals surface area contributed by atoms with Gasteiger partial charge in [-0.1, -0.05) is 17.3 Å². The van der Waals surface area contributed by atoms with Crippen molar-refractivity contribution in [1.29, 1.82) is 0 Å². The van der Waals surface area contributed by atoms with Crippen molar-refractivity contribution in [2.45, 2.75) is 0 Å². The van der Waals surface area contributed by atoms with E-state index in [4.69, 9.17) is 9.47 Å². The number of nitrogens with zero attached hydrogens (tertiary/aromatic N) is 1. The summed E-state index contributed by atoms with van der Waals surface area (Å²) in [5, 5.41) is 1.38. The third-order valence-corrected chi connectivity index (χ3v) is 4.62. The van der Waals surface area contributed by atoms with Gasteiger partial charge in [-0.15, -0.1) is 0 Å². The van der Waals surface area contributed by atoms with Crippen LogP contribution in [-0.4, -0.2) is 24.5 Å². The molecule has 0 radical (unpaired) electrons. The van der Waals surface area contributed by atoms with Crippen molar-refractivity contribution in [2.24, 2.45) is 0 Å². The molecule has 0 aromatic heterocycles. The lowest BCUT2D eigenvalue weighted by molar-refractivity contribution is 0.415. The molecule has 0 saturated heterocycles. The molecule has 0 bridgehead atoms. The Morgan fingerprint density at radius 2 is 0.917 bits per heavy atom. The van der Waals surface area contributed by atoms with Crippen molar-refractivity contribution in [1.82, 2.24) is 0 Å². The summed E-state index contributed by atoms with van der Waals surface area (Å²) in [5.41, 5.74) is 3.30. The molecular weight excluding hydrogens is 314 g/mol. The fraction of sp³-hybridized carbons (Fsp3) is 0.100. The highest BCUT2D eigenvalue weighted by molar-refractivity contribution is 6.32. The smallest absolute Gasteiger partial charge is 0.119 e. The lowest BCUT2D eigenvalue weighted by Gasteiger charge is -2.26. The third kappa shape index (κ3) is 3.44. The highest BCUT2D eigenvalue weighted by Crippen LogP contribution is 2.35. The van der Waals surface area contributed by atoms with Crippen LogP contribution >= 0.6 is 0 Å². The van der Waals surface area contributed by atoms with Gasteiger partial charge in [0.05, 0.1) is 14.2 Å². The largest absolute Gasteiger partial charge is 0.497 e. The Kier molecular flexibility index (Phi) is 4.87. The highest BCUT2D eigenvalue weighted by atomic mass is 28.1. The molecule has 3 nitrogen and oxygen atoms in total. The van der Waals surface area contributed by atoms with Crippen molar-refractivity contribution in [3.05, 3.63) is 72.8 Å². The summed E-state index contributed by atoms with van der Waals surface area (Å²) in [4.78, 5) is 2.22. The predicted octanol–water partition coefficient (Wildman–Crippen LogP) is 3.16. The molecule has 122 valence electrons. The zero-order valence-electron chi connectivity index (χ0n) is 14.2.